The van der Waals surface area contributed by atoms with Crippen LogP contribution in [-0.2, 0) is 16.7 Å². The summed E-state index contributed by atoms with van der Waals surface area (Å²) in [4.78, 5) is 14.5. The largest absolute Gasteiger partial charge is 0.288 e. The number of halogens is 2. The number of benzene rings is 1. The zero-order valence-electron chi connectivity index (χ0n) is 15.9. The summed E-state index contributed by atoms with van der Waals surface area (Å²) in [5, 5.41) is 4.04. The summed E-state index contributed by atoms with van der Waals surface area (Å²) in [6.45, 7) is 7.47. The van der Waals surface area contributed by atoms with Crippen molar-refractivity contribution in [1.29, 1.82) is 0 Å². The fourth-order valence-corrected chi connectivity index (χ4v) is 5.65. The quantitative estimate of drug-likeness (QED) is 0.723. The molecule has 10 heteroatoms. The molecule has 0 unspecified atom stereocenters. The maximum atomic E-state index is 13.1. The molecule has 7 nitrogen and oxygen atoms in total. The molecule has 1 aromatic carbocycles. The van der Waals surface area contributed by atoms with Gasteiger partial charge in [-0.25, -0.2) is 13.1 Å². The smallest absolute Gasteiger partial charge is 0.282 e. The van der Waals surface area contributed by atoms with Crippen LogP contribution in [0.2, 0.25) is 10.0 Å². The summed E-state index contributed by atoms with van der Waals surface area (Å²) in [5.41, 5.74) is 2.09. The number of piperazine rings is 1. The van der Waals surface area contributed by atoms with Crippen LogP contribution in [0.25, 0.3) is 0 Å². The number of nitrogens with zero attached hydrogens (tertiary/aromatic N) is 4. The average Bonchev–Trinajstić information content (AvgIpc) is 2.61. The molecule has 1 saturated heterocycles. The first kappa shape index (κ1) is 21.3. The molecule has 0 bridgehead atoms. The second kappa shape index (κ2) is 8.12. The van der Waals surface area contributed by atoms with E-state index in [0.29, 0.717) is 31.1 Å². The van der Waals surface area contributed by atoms with Crippen LogP contribution in [0, 0.1) is 20.8 Å². The molecule has 0 atom stereocenters. The first-order chi connectivity index (χ1) is 13.1. The Kier molecular flexibility index (Phi) is 6.17. The van der Waals surface area contributed by atoms with Crippen molar-refractivity contribution in [3.8, 4) is 0 Å². The number of aryl methyl sites for hydroxylation is 3. The number of aromatic nitrogens is 2. The molecule has 0 radical (unpaired) electrons. The van der Waals surface area contributed by atoms with Gasteiger partial charge in [0, 0.05) is 26.2 Å². The molecule has 0 amide bonds. The lowest BCUT2D eigenvalue weighted by Gasteiger charge is -2.34. The Morgan fingerprint density at radius 2 is 1.61 bits per heavy atom. The van der Waals surface area contributed by atoms with Crippen LogP contribution in [-0.4, -0.2) is 53.6 Å². The van der Waals surface area contributed by atoms with Gasteiger partial charge in [-0.2, -0.15) is 9.40 Å². The van der Waals surface area contributed by atoms with E-state index in [1.165, 1.54) is 15.2 Å². The molecule has 0 aliphatic carbocycles. The molecule has 2 aromatic rings. The first-order valence-electron chi connectivity index (χ1n) is 8.82. The van der Waals surface area contributed by atoms with E-state index in [1.54, 1.807) is 0 Å². The van der Waals surface area contributed by atoms with Gasteiger partial charge in [-0.15, -0.1) is 0 Å². The lowest BCUT2D eigenvalue weighted by atomic mass is 10.1. The molecule has 0 N–H and O–H groups in total. The number of hydrogen-bond donors (Lipinski definition) is 0. The second-order valence-corrected chi connectivity index (χ2v) is 9.66. The van der Waals surface area contributed by atoms with Crippen LogP contribution in [0.15, 0.2) is 28.0 Å². The lowest BCUT2D eigenvalue weighted by Crippen LogP contribution is -2.50. The van der Waals surface area contributed by atoms with Gasteiger partial charge < -0.3 is 0 Å². The Labute approximate surface area is 174 Å². The number of rotatable bonds is 4. The van der Waals surface area contributed by atoms with E-state index in [0.717, 1.165) is 16.7 Å². The van der Waals surface area contributed by atoms with Crippen molar-refractivity contribution in [2.75, 3.05) is 26.2 Å². The zero-order valence-corrected chi connectivity index (χ0v) is 18.3. The summed E-state index contributed by atoms with van der Waals surface area (Å²) < 4.78 is 29.0. The van der Waals surface area contributed by atoms with Crippen molar-refractivity contribution in [1.82, 2.24) is 19.0 Å². The minimum atomic E-state index is -3.57. The van der Waals surface area contributed by atoms with Crippen LogP contribution in [0.1, 0.15) is 16.7 Å². The van der Waals surface area contributed by atoms with Gasteiger partial charge in [0.05, 0.1) is 22.8 Å². The Hall–Kier alpha value is -1.45. The molecule has 2 heterocycles. The number of sulfonamides is 1. The van der Waals surface area contributed by atoms with Gasteiger partial charge in [-0.1, -0.05) is 40.9 Å². The van der Waals surface area contributed by atoms with Gasteiger partial charge in [0.1, 0.15) is 5.02 Å². The van der Waals surface area contributed by atoms with E-state index in [4.69, 9.17) is 23.2 Å². The van der Waals surface area contributed by atoms with Gasteiger partial charge in [0.25, 0.3) is 5.56 Å². The van der Waals surface area contributed by atoms with Crippen molar-refractivity contribution >= 4 is 33.2 Å². The average molecular weight is 445 g/mol. The highest BCUT2D eigenvalue weighted by molar-refractivity contribution is 7.89. The van der Waals surface area contributed by atoms with Gasteiger partial charge >= 0.3 is 0 Å². The molecule has 1 aromatic heterocycles. The highest BCUT2D eigenvalue weighted by Gasteiger charge is 2.31. The van der Waals surface area contributed by atoms with E-state index in [2.05, 4.69) is 5.10 Å². The molecular weight excluding hydrogens is 423 g/mol. The van der Waals surface area contributed by atoms with E-state index in [-0.39, 0.29) is 16.7 Å². The van der Waals surface area contributed by atoms with E-state index in [9.17, 15) is 13.2 Å². The van der Waals surface area contributed by atoms with Gasteiger partial charge in [0.2, 0.25) is 10.0 Å². The highest BCUT2D eigenvalue weighted by atomic mass is 35.5. The van der Waals surface area contributed by atoms with Crippen LogP contribution in [0.5, 0.6) is 0 Å². The van der Waals surface area contributed by atoms with Gasteiger partial charge in [-0.05, 0) is 31.9 Å². The predicted molar refractivity (Wildman–Crippen MR) is 110 cm³/mol. The van der Waals surface area contributed by atoms with Crippen LogP contribution in [0.3, 0.4) is 0 Å². The van der Waals surface area contributed by atoms with Crippen LogP contribution < -0.4 is 5.56 Å². The Morgan fingerprint density at radius 1 is 1.04 bits per heavy atom. The number of hydrogen-bond acceptors (Lipinski definition) is 5. The van der Waals surface area contributed by atoms with Gasteiger partial charge in [-0.3, -0.25) is 9.69 Å². The predicted octanol–water partition coefficient (Wildman–Crippen LogP) is 2.44. The first-order valence-corrected chi connectivity index (χ1v) is 11.0. The topological polar surface area (TPSA) is 75.5 Å². The van der Waals surface area contributed by atoms with Crippen molar-refractivity contribution in [2.45, 2.75) is 32.3 Å². The fraction of sp³-hybridized carbons (Fsp3) is 0.444. The minimum Gasteiger partial charge on any atom is -0.282 e. The third-order valence-electron chi connectivity index (χ3n) is 4.81. The molecule has 1 fully saturated rings. The van der Waals surface area contributed by atoms with Crippen molar-refractivity contribution < 1.29 is 8.42 Å². The highest BCUT2D eigenvalue weighted by Crippen LogP contribution is 2.26. The third-order valence-corrected chi connectivity index (χ3v) is 7.76. The SMILES string of the molecule is Cc1cc(C)c(S(=O)(=O)N2CCN(Cn3ncc(Cl)c(Cl)c3=O)CC2)c(C)c1. The lowest BCUT2D eigenvalue weighted by molar-refractivity contribution is 0.143. The molecule has 0 spiro atoms. The summed E-state index contributed by atoms with van der Waals surface area (Å²) in [6, 6.07) is 3.77. The molecule has 152 valence electrons. The molecule has 1 aliphatic heterocycles. The monoisotopic (exact) mass is 444 g/mol. The third kappa shape index (κ3) is 4.11. The maximum Gasteiger partial charge on any atom is 0.288 e. The maximum absolute atomic E-state index is 13.1. The summed E-state index contributed by atoms with van der Waals surface area (Å²) in [7, 11) is -3.57. The van der Waals surface area contributed by atoms with Gasteiger partial charge in [0.15, 0.2) is 0 Å². The standard InChI is InChI=1S/C18H22Cl2N4O3S/c1-12-8-13(2)17(14(3)9-12)28(26,27)23-6-4-22(5-7-23)11-24-18(25)16(20)15(19)10-21-24/h8-10H,4-7,11H2,1-3H3. The molecule has 1 aliphatic rings. The zero-order chi connectivity index (χ0) is 20.6. The van der Waals surface area contributed by atoms with E-state index in [1.807, 2.05) is 37.8 Å². The summed E-state index contributed by atoms with van der Waals surface area (Å²) in [5.74, 6) is 0. The van der Waals surface area contributed by atoms with E-state index >= 15 is 0 Å². The fourth-order valence-electron chi connectivity index (χ4n) is 3.55. The summed E-state index contributed by atoms with van der Waals surface area (Å²) >= 11 is 11.7. The normalized spacial score (nSPS) is 16.5. The van der Waals surface area contributed by atoms with Crippen LogP contribution in [0.4, 0.5) is 0 Å². The Bertz CT molecular complexity index is 1040. The second-order valence-electron chi connectivity index (χ2n) is 7.00. The van der Waals surface area contributed by atoms with Crippen molar-refractivity contribution in [2.24, 2.45) is 0 Å². The van der Waals surface area contributed by atoms with Crippen molar-refractivity contribution in [3.05, 3.63) is 55.4 Å². The minimum absolute atomic E-state index is 0.0665. The Balaban J connectivity index is 1.74. The van der Waals surface area contributed by atoms with E-state index < -0.39 is 15.6 Å². The summed E-state index contributed by atoms with van der Waals surface area (Å²) in [6.07, 6.45) is 1.33. The van der Waals surface area contributed by atoms with Crippen LogP contribution >= 0.6 is 23.2 Å². The molecular formula is C18H22Cl2N4O3S. The molecule has 0 saturated carbocycles. The Morgan fingerprint density at radius 3 is 2.18 bits per heavy atom. The molecule has 3 rings (SSSR count). The van der Waals surface area contributed by atoms with Crippen molar-refractivity contribution in [3.63, 3.8) is 0 Å². The molecule has 28 heavy (non-hydrogen) atoms.